The number of sulfonamides is 1. The summed E-state index contributed by atoms with van der Waals surface area (Å²) in [5, 5.41) is 8.73. The van der Waals surface area contributed by atoms with Gasteiger partial charge in [0.2, 0.25) is 10.0 Å². The van der Waals surface area contributed by atoms with Crippen molar-refractivity contribution in [1.29, 1.82) is 0 Å². The van der Waals surface area contributed by atoms with Gasteiger partial charge in [-0.3, -0.25) is 4.79 Å². The van der Waals surface area contributed by atoms with Crippen molar-refractivity contribution in [1.82, 2.24) is 4.31 Å². The Labute approximate surface area is 109 Å². The molecule has 5 nitrogen and oxygen atoms in total. The predicted molar refractivity (Wildman–Crippen MR) is 69.9 cm³/mol. The third-order valence-corrected chi connectivity index (χ3v) is 5.99. The first-order valence-electron chi connectivity index (χ1n) is 6.39. The molecule has 1 aliphatic rings. The van der Waals surface area contributed by atoms with E-state index in [0.717, 1.165) is 19.3 Å². The lowest BCUT2D eigenvalue weighted by Gasteiger charge is -2.38. The Bertz CT molecular complexity index is 397. The molecule has 0 saturated carbocycles. The predicted octanol–water partition coefficient (Wildman–Crippen LogP) is 1.83. The van der Waals surface area contributed by atoms with Crippen molar-refractivity contribution in [3.05, 3.63) is 0 Å². The van der Waals surface area contributed by atoms with E-state index in [1.165, 1.54) is 4.31 Å². The molecule has 1 saturated heterocycles. The number of carbonyl (C=O) groups is 1. The van der Waals surface area contributed by atoms with Gasteiger partial charge in [-0.25, -0.2) is 8.42 Å². The second-order valence-electron chi connectivity index (χ2n) is 5.81. The van der Waals surface area contributed by atoms with Gasteiger partial charge in [-0.2, -0.15) is 4.31 Å². The van der Waals surface area contributed by atoms with E-state index in [4.69, 9.17) is 5.11 Å². The van der Waals surface area contributed by atoms with Crippen LogP contribution >= 0.6 is 0 Å². The molecule has 0 aromatic heterocycles. The summed E-state index contributed by atoms with van der Waals surface area (Å²) in [5.74, 6) is -0.867. The number of hydrogen-bond donors (Lipinski definition) is 1. The standard InChI is InChI=1S/C12H23NO4S/c1-12(2,3)18(16,17)13-9-5-4-6-10(13)7-8-11(14)15/h10H,4-9H2,1-3H3,(H,14,15). The lowest BCUT2D eigenvalue weighted by molar-refractivity contribution is -0.137. The van der Waals surface area contributed by atoms with E-state index < -0.39 is 20.7 Å². The summed E-state index contributed by atoms with van der Waals surface area (Å²) in [4.78, 5) is 10.6. The van der Waals surface area contributed by atoms with Crippen molar-refractivity contribution in [2.24, 2.45) is 0 Å². The molecule has 0 aliphatic carbocycles. The number of aliphatic carboxylic acids is 1. The Hall–Kier alpha value is -0.620. The van der Waals surface area contributed by atoms with Gasteiger partial charge in [-0.15, -0.1) is 0 Å². The summed E-state index contributed by atoms with van der Waals surface area (Å²) in [7, 11) is -3.36. The van der Waals surface area contributed by atoms with Crippen LogP contribution in [0.3, 0.4) is 0 Å². The number of piperidine rings is 1. The van der Waals surface area contributed by atoms with Crippen LogP contribution in [-0.4, -0.2) is 41.1 Å². The van der Waals surface area contributed by atoms with Crippen LogP contribution in [0.5, 0.6) is 0 Å². The second kappa shape index (κ2) is 5.57. The number of carboxylic acid groups (broad SMARTS) is 1. The number of rotatable bonds is 4. The van der Waals surface area contributed by atoms with Crippen LogP contribution < -0.4 is 0 Å². The molecule has 0 aromatic carbocycles. The largest absolute Gasteiger partial charge is 0.481 e. The van der Waals surface area contributed by atoms with Crippen LogP contribution in [0.15, 0.2) is 0 Å². The normalized spacial score (nSPS) is 22.9. The Balaban J connectivity index is 2.86. The van der Waals surface area contributed by atoms with Gasteiger partial charge in [0, 0.05) is 19.0 Å². The molecule has 0 spiro atoms. The molecule has 1 heterocycles. The fourth-order valence-electron chi connectivity index (χ4n) is 2.22. The molecule has 106 valence electrons. The Morgan fingerprint density at radius 3 is 2.44 bits per heavy atom. The summed E-state index contributed by atoms with van der Waals surface area (Å²) < 4.78 is 25.6. The van der Waals surface area contributed by atoms with Crippen LogP contribution in [0, 0.1) is 0 Å². The summed E-state index contributed by atoms with van der Waals surface area (Å²) >= 11 is 0. The van der Waals surface area contributed by atoms with Crippen molar-refractivity contribution in [2.45, 2.75) is 63.7 Å². The van der Waals surface area contributed by atoms with Crippen LogP contribution in [0.2, 0.25) is 0 Å². The molecule has 0 aromatic rings. The van der Waals surface area contributed by atoms with Gasteiger partial charge in [0.05, 0.1) is 4.75 Å². The van der Waals surface area contributed by atoms with Gasteiger partial charge >= 0.3 is 5.97 Å². The second-order valence-corrected chi connectivity index (χ2v) is 8.45. The molecule has 1 rings (SSSR count). The molecule has 0 radical (unpaired) electrons. The monoisotopic (exact) mass is 277 g/mol. The van der Waals surface area contributed by atoms with Gasteiger partial charge in [-0.1, -0.05) is 6.42 Å². The molecule has 1 atom stereocenters. The first-order valence-corrected chi connectivity index (χ1v) is 7.83. The molecule has 1 aliphatic heterocycles. The number of hydrogen-bond acceptors (Lipinski definition) is 3. The molecule has 0 bridgehead atoms. The zero-order chi connectivity index (χ0) is 14.0. The highest BCUT2D eigenvalue weighted by Crippen LogP contribution is 2.29. The summed E-state index contributed by atoms with van der Waals surface area (Å²) in [5.41, 5.74) is 0. The highest BCUT2D eigenvalue weighted by atomic mass is 32.2. The van der Waals surface area contributed by atoms with Crippen molar-refractivity contribution in [3.63, 3.8) is 0 Å². The van der Waals surface area contributed by atoms with Gasteiger partial charge < -0.3 is 5.11 Å². The molecule has 6 heteroatoms. The van der Waals surface area contributed by atoms with E-state index >= 15 is 0 Å². The fraction of sp³-hybridized carbons (Fsp3) is 0.917. The molecule has 18 heavy (non-hydrogen) atoms. The topological polar surface area (TPSA) is 74.7 Å². The van der Waals surface area contributed by atoms with Crippen LogP contribution in [0.1, 0.15) is 52.9 Å². The molecular weight excluding hydrogens is 254 g/mol. The first kappa shape index (κ1) is 15.4. The highest BCUT2D eigenvalue weighted by molar-refractivity contribution is 7.90. The van der Waals surface area contributed by atoms with Gasteiger partial charge in [-0.05, 0) is 40.0 Å². The lowest BCUT2D eigenvalue weighted by atomic mass is 10.0. The Morgan fingerprint density at radius 2 is 1.94 bits per heavy atom. The molecular formula is C12H23NO4S. The molecule has 1 N–H and O–H groups in total. The van der Waals surface area contributed by atoms with E-state index in [0.29, 0.717) is 13.0 Å². The number of nitrogens with zero attached hydrogens (tertiary/aromatic N) is 1. The van der Waals surface area contributed by atoms with Gasteiger partial charge in [0.1, 0.15) is 0 Å². The SMILES string of the molecule is CC(C)(C)S(=O)(=O)N1CCCCC1CCC(=O)O. The number of carboxylic acids is 1. The van der Waals surface area contributed by atoms with Crippen molar-refractivity contribution < 1.29 is 18.3 Å². The van der Waals surface area contributed by atoms with Crippen molar-refractivity contribution in [3.8, 4) is 0 Å². The van der Waals surface area contributed by atoms with E-state index in [1.807, 2.05) is 0 Å². The Kier molecular flexibility index (Phi) is 4.78. The van der Waals surface area contributed by atoms with E-state index in [2.05, 4.69) is 0 Å². The average Bonchev–Trinajstić information content (AvgIpc) is 2.25. The third-order valence-electron chi connectivity index (χ3n) is 3.35. The summed E-state index contributed by atoms with van der Waals surface area (Å²) in [6.07, 6.45) is 3.04. The summed E-state index contributed by atoms with van der Waals surface area (Å²) in [6, 6.07) is -0.154. The zero-order valence-corrected chi connectivity index (χ0v) is 12.2. The van der Waals surface area contributed by atoms with Gasteiger partial charge in [0.15, 0.2) is 0 Å². The zero-order valence-electron chi connectivity index (χ0n) is 11.3. The minimum Gasteiger partial charge on any atom is -0.481 e. The lowest BCUT2D eigenvalue weighted by Crippen LogP contribution is -2.50. The van der Waals surface area contributed by atoms with Crippen molar-refractivity contribution >= 4 is 16.0 Å². The van der Waals surface area contributed by atoms with E-state index in [9.17, 15) is 13.2 Å². The van der Waals surface area contributed by atoms with Crippen LogP contribution in [-0.2, 0) is 14.8 Å². The smallest absolute Gasteiger partial charge is 0.303 e. The third kappa shape index (κ3) is 3.45. The fourth-order valence-corrected chi connectivity index (χ4v) is 3.90. The minimum absolute atomic E-state index is 0.0286. The van der Waals surface area contributed by atoms with Crippen molar-refractivity contribution in [2.75, 3.05) is 6.54 Å². The maximum Gasteiger partial charge on any atom is 0.303 e. The quantitative estimate of drug-likeness (QED) is 0.850. The van der Waals surface area contributed by atoms with Gasteiger partial charge in [0.25, 0.3) is 0 Å². The molecule has 1 fully saturated rings. The maximum absolute atomic E-state index is 12.4. The van der Waals surface area contributed by atoms with Crippen LogP contribution in [0.4, 0.5) is 0 Å². The highest BCUT2D eigenvalue weighted by Gasteiger charge is 2.40. The van der Waals surface area contributed by atoms with Crippen LogP contribution in [0.25, 0.3) is 0 Å². The van der Waals surface area contributed by atoms with E-state index in [1.54, 1.807) is 20.8 Å². The average molecular weight is 277 g/mol. The van der Waals surface area contributed by atoms with E-state index in [-0.39, 0.29) is 12.5 Å². The molecule has 1 unspecified atom stereocenters. The summed E-state index contributed by atoms with van der Waals surface area (Å²) in [6.45, 7) is 5.57. The maximum atomic E-state index is 12.4. The first-order chi connectivity index (χ1) is 8.16. The Morgan fingerprint density at radius 1 is 1.33 bits per heavy atom. The molecule has 0 amide bonds. The minimum atomic E-state index is -3.36.